The highest BCUT2D eigenvalue weighted by Gasteiger charge is 2.15. The second-order valence-electron chi connectivity index (χ2n) is 4.64. The van der Waals surface area contributed by atoms with E-state index in [1.807, 2.05) is 13.1 Å². The molecular weight excluding hydrogens is 347 g/mol. The van der Waals surface area contributed by atoms with E-state index in [0.717, 1.165) is 18.7 Å². The maximum absolute atomic E-state index is 4.42. The van der Waals surface area contributed by atoms with E-state index in [1.54, 1.807) is 0 Å². The summed E-state index contributed by atoms with van der Waals surface area (Å²) in [7, 11) is 0. The predicted octanol–water partition coefficient (Wildman–Crippen LogP) is 4.08. The van der Waals surface area contributed by atoms with Crippen LogP contribution in [0.4, 0.5) is 0 Å². The zero-order chi connectivity index (χ0) is 13.7. The first-order chi connectivity index (χ1) is 9.22. The van der Waals surface area contributed by atoms with Crippen LogP contribution in [0.5, 0.6) is 0 Å². The van der Waals surface area contributed by atoms with E-state index >= 15 is 0 Å². The summed E-state index contributed by atoms with van der Waals surface area (Å²) in [6.45, 7) is 5.21. The van der Waals surface area contributed by atoms with Gasteiger partial charge in [0.15, 0.2) is 0 Å². The molecule has 19 heavy (non-hydrogen) atoms. The van der Waals surface area contributed by atoms with Crippen molar-refractivity contribution in [3.63, 3.8) is 0 Å². The predicted molar refractivity (Wildman–Crippen MR) is 88.3 cm³/mol. The minimum atomic E-state index is 0.223. The first kappa shape index (κ1) is 14.5. The molecule has 0 fully saturated rings. The summed E-state index contributed by atoms with van der Waals surface area (Å²) in [5.41, 5.74) is 3.60. The molecule has 0 aliphatic rings. The molecule has 1 atom stereocenters. The van der Waals surface area contributed by atoms with Crippen molar-refractivity contribution in [1.82, 2.24) is 10.3 Å². The van der Waals surface area contributed by atoms with E-state index < -0.39 is 0 Å². The first-order valence-electron chi connectivity index (χ1n) is 6.62. The zero-order valence-electron chi connectivity index (χ0n) is 11.4. The maximum Gasteiger partial charge on any atom is 0.0602 e. The van der Waals surface area contributed by atoms with Crippen LogP contribution in [0, 0.1) is 10.5 Å². The number of rotatable bonds is 5. The largest absolute Gasteiger partial charge is 0.306 e. The summed E-state index contributed by atoms with van der Waals surface area (Å²) in [6.07, 6.45) is 3.10. The van der Waals surface area contributed by atoms with Crippen LogP contribution in [0.3, 0.4) is 0 Å². The first-order valence-corrected chi connectivity index (χ1v) is 7.70. The number of nitrogens with one attached hydrogen (secondary N) is 1. The Balaban J connectivity index is 2.35. The number of nitrogens with zero attached hydrogens (tertiary/aromatic N) is 1. The third kappa shape index (κ3) is 3.76. The molecule has 0 radical (unpaired) electrons. The van der Waals surface area contributed by atoms with Crippen LogP contribution in [-0.2, 0) is 0 Å². The average molecular weight is 366 g/mol. The van der Waals surface area contributed by atoms with Gasteiger partial charge in [-0.2, -0.15) is 0 Å². The van der Waals surface area contributed by atoms with Crippen LogP contribution < -0.4 is 5.32 Å². The van der Waals surface area contributed by atoms with E-state index in [-0.39, 0.29) is 6.04 Å². The monoisotopic (exact) mass is 366 g/mol. The summed E-state index contributed by atoms with van der Waals surface area (Å²) < 4.78 is 1.29. The molecule has 1 heterocycles. The lowest BCUT2D eigenvalue weighted by molar-refractivity contribution is 0.595. The Bertz CT molecular complexity index is 523. The van der Waals surface area contributed by atoms with Gasteiger partial charge in [0.1, 0.15) is 0 Å². The van der Waals surface area contributed by atoms with Crippen molar-refractivity contribution in [2.45, 2.75) is 26.3 Å². The van der Waals surface area contributed by atoms with Gasteiger partial charge in [0, 0.05) is 15.5 Å². The highest BCUT2D eigenvalue weighted by Crippen LogP contribution is 2.25. The summed E-state index contributed by atoms with van der Waals surface area (Å²) in [5, 5.41) is 3.62. The molecule has 1 aromatic carbocycles. The molecule has 1 unspecified atom stereocenters. The SMILES string of the molecule is CCCNC(c1ccc(C)nc1)c1ccccc1I. The van der Waals surface area contributed by atoms with Gasteiger partial charge in [0.2, 0.25) is 0 Å². The van der Waals surface area contributed by atoms with Gasteiger partial charge in [-0.15, -0.1) is 0 Å². The molecule has 1 aromatic heterocycles. The van der Waals surface area contributed by atoms with Gasteiger partial charge in [-0.25, -0.2) is 0 Å². The molecule has 0 saturated heterocycles. The number of hydrogen-bond acceptors (Lipinski definition) is 2. The molecule has 0 aliphatic heterocycles. The Labute approximate surface area is 128 Å². The van der Waals surface area contributed by atoms with Crippen molar-refractivity contribution in [1.29, 1.82) is 0 Å². The van der Waals surface area contributed by atoms with E-state index in [1.165, 1.54) is 14.7 Å². The number of benzene rings is 1. The summed E-state index contributed by atoms with van der Waals surface area (Å²) in [6, 6.07) is 13.0. The molecule has 2 aromatic rings. The smallest absolute Gasteiger partial charge is 0.0602 e. The number of halogens is 1. The summed E-state index contributed by atoms with van der Waals surface area (Å²) >= 11 is 2.40. The van der Waals surface area contributed by atoms with E-state index in [2.05, 4.69) is 76.2 Å². The van der Waals surface area contributed by atoms with Crippen molar-refractivity contribution in [2.24, 2.45) is 0 Å². The van der Waals surface area contributed by atoms with Crippen molar-refractivity contribution >= 4 is 22.6 Å². The fourth-order valence-corrected chi connectivity index (χ4v) is 2.75. The highest BCUT2D eigenvalue weighted by atomic mass is 127. The number of aromatic nitrogens is 1. The quantitative estimate of drug-likeness (QED) is 0.807. The second-order valence-corrected chi connectivity index (χ2v) is 5.80. The Morgan fingerprint density at radius 1 is 1.21 bits per heavy atom. The Morgan fingerprint density at radius 2 is 2.00 bits per heavy atom. The molecule has 2 nitrogen and oxygen atoms in total. The Morgan fingerprint density at radius 3 is 2.63 bits per heavy atom. The van der Waals surface area contributed by atoms with Gasteiger partial charge in [-0.05, 0) is 65.7 Å². The van der Waals surface area contributed by atoms with Gasteiger partial charge in [0.25, 0.3) is 0 Å². The molecule has 2 rings (SSSR count). The molecule has 0 bridgehead atoms. The second kappa shape index (κ2) is 7.01. The molecule has 1 N–H and O–H groups in total. The van der Waals surface area contributed by atoms with Crippen LogP contribution >= 0.6 is 22.6 Å². The minimum Gasteiger partial charge on any atom is -0.306 e. The molecule has 0 saturated carbocycles. The lowest BCUT2D eigenvalue weighted by Gasteiger charge is -2.20. The number of aryl methyl sites for hydroxylation is 1. The van der Waals surface area contributed by atoms with E-state index in [0.29, 0.717) is 0 Å². The van der Waals surface area contributed by atoms with Gasteiger partial charge >= 0.3 is 0 Å². The Hall–Kier alpha value is -0.940. The molecule has 100 valence electrons. The van der Waals surface area contributed by atoms with Crippen LogP contribution in [0.25, 0.3) is 0 Å². The fraction of sp³-hybridized carbons (Fsp3) is 0.312. The normalized spacial score (nSPS) is 12.4. The molecule has 0 spiro atoms. The average Bonchev–Trinajstić information content (AvgIpc) is 2.43. The highest BCUT2D eigenvalue weighted by molar-refractivity contribution is 14.1. The lowest BCUT2D eigenvalue weighted by atomic mass is 10.00. The van der Waals surface area contributed by atoms with E-state index in [4.69, 9.17) is 0 Å². The summed E-state index contributed by atoms with van der Waals surface area (Å²) in [5.74, 6) is 0. The maximum atomic E-state index is 4.42. The number of hydrogen-bond donors (Lipinski definition) is 1. The molecular formula is C16H19IN2. The number of pyridine rings is 1. The van der Waals surface area contributed by atoms with Crippen LogP contribution in [0.15, 0.2) is 42.6 Å². The summed E-state index contributed by atoms with van der Waals surface area (Å²) in [4.78, 5) is 4.42. The topological polar surface area (TPSA) is 24.9 Å². The van der Waals surface area contributed by atoms with Crippen molar-refractivity contribution < 1.29 is 0 Å². The molecule has 0 amide bonds. The van der Waals surface area contributed by atoms with Gasteiger partial charge in [-0.1, -0.05) is 31.2 Å². The standard InChI is InChI=1S/C16H19IN2/c1-3-10-18-16(13-9-8-12(2)19-11-13)14-6-4-5-7-15(14)17/h4-9,11,16,18H,3,10H2,1-2H3. The minimum absolute atomic E-state index is 0.223. The van der Waals surface area contributed by atoms with Gasteiger partial charge < -0.3 is 5.32 Å². The van der Waals surface area contributed by atoms with E-state index in [9.17, 15) is 0 Å². The van der Waals surface area contributed by atoms with Crippen LogP contribution in [0.2, 0.25) is 0 Å². The van der Waals surface area contributed by atoms with Crippen molar-refractivity contribution in [3.05, 3.63) is 63.0 Å². The van der Waals surface area contributed by atoms with Crippen molar-refractivity contribution in [3.8, 4) is 0 Å². The van der Waals surface area contributed by atoms with Crippen molar-refractivity contribution in [2.75, 3.05) is 6.54 Å². The fourth-order valence-electron chi connectivity index (χ4n) is 2.06. The Kier molecular flexibility index (Phi) is 5.34. The third-order valence-corrected chi connectivity index (χ3v) is 4.06. The molecule has 0 aliphatic carbocycles. The van der Waals surface area contributed by atoms with Gasteiger partial charge in [0.05, 0.1) is 6.04 Å². The van der Waals surface area contributed by atoms with Crippen LogP contribution in [0.1, 0.15) is 36.2 Å². The zero-order valence-corrected chi connectivity index (χ0v) is 13.5. The third-order valence-electron chi connectivity index (χ3n) is 3.08. The molecule has 3 heteroatoms. The van der Waals surface area contributed by atoms with Gasteiger partial charge in [-0.3, -0.25) is 4.98 Å². The van der Waals surface area contributed by atoms with Crippen LogP contribution in [-0.4, -0.2) is 11.5 Å². The lowest BCUT2D eigenvalue weighted by Crippen LogP contribution is -2.24.